The van der Waals surface area contributed by atoms with Crippen LogP contribution in [-0.4, -0.2) is 42.4 Å². The monoisotopic (exact) mass is 628 g/mol. The lowest BCUT2D eigenvalue weighted by atomic mass is 9.41. The molecule has 0 bridgehead atoms. The van der Waals surface area contributed by atoms with Gasteiger partial charge in [-0.05, 0) is 127 Å². The van der Waals surface area contributed by atoms with Gasteiger partial charge in [0.2, 0.25) is 0 Å². The standard InChI is InChI=1S/C38H60O5S/c1-8-29-33-22-26(39)18-20-38(33,7)32-19-21-37(6)30(16-17-31(37)34(32)35(29)41)24(2)10-9-11-27(40)23-44(42,43)28-14-12-25(13-15-28)36(3,4)5/h12-15,24,26,29-35,39,41H,8-11,16-23H2,1-7H3/t24-,26-,29-,30-,31?,32+,33+,34+,35-,37-,38-/m1/s1. The van der Waals surface area contributed by atoms with Crippen molar-refractivity contribution < 1.29 is 23.4 Å². The highest BCUT2D eigenvalue weighted by Gasteiger charge is 2.64. The molecule has 1 unspecified atom stereocenters. The average Bonchev–Trinajstić information content (AvgIpc) is 3.30. The summed E-state index contributed by atoms with van der Waals surface area (Å²) in [7, 11) is -3.64. The number of hydrogen-bond acceptors (Lipinski definition) is 5. The summed E-state index contributed by atoms with van der Waals surface area (Å²) in [5.41, 5.74) is 1.43. The number of ketones is 1. The van der Waals surface area contributed by atoms with Gasteiger partial charge in [0, 0.05) is 6.42 Å². The molecule has 5 rings (SSSR count). The van der Waals surface area contributed by atoms with Crippen molar-refractivity contribution in [2.24, 2.45) is 52.3 Å². The second kappa shape index (κ2) is 12.4. The summed E-state index contributed by atoms with van der Waals surface area (Å²) in [5, 5.41) is 22.5. The fourth-order valence-electron chi connectivity index (χ4n) is 11.3. The van der Waals surface area contributed by atoms with Crippen LogP contribution in [-0.2, 0) is 20.0 Å². The van der Waals surface area contributed by atoms with Gasteiger partial charge in [-0.3, -0.25) is 4.79 Å². The molecule has 4 aliphatic carbocycles. The fraction of sp³-hybridized carbons (Fsp3) is 0.816. The molecule has 0 heterocycles. The lowest BCUT2D eigenvalue weighted by Gasteiger charge is -2.64. The van der Waals surface area contributed by atoms with Gasteiger partial charge in [0.15, 0.2) is 9.84 Å². The molecule has 4 aliphatic rings. The van der Waals surface area contributed by atoms with Crippen LogP contribution in [0.4, 0.5) is 0 Å². The third kappa shape index (κ3) is 6.10. The van der Waals surface area contributed by atoms with E-state index in [1.165, 1.54) is 25.7 Å². The molecule has 0 aliphatic heterocycles. The van der Waals surface area contributed by atoms with E-state index in [1.54, 1.807) is 12.1 Å². The van der Waals surface area contributed by atoms with Crippen LogP contribution in [0, 0.1) is 52.3 Å². The maximum atomic E-state index is 13.0. The third-order valence-electron chi connectivity index (χ3n) is 13.7. The summed E-state index contributed by atoms with van der Waals surface area (Å²) in [6.45, 7) is 15.8. The van der Waals surface area contributed by atoms with Gasteiger partial charge in [-0.2, -0.15) is 0 Å². The zero-order chi connectivity index (χ0) is 32.2. The van der Waals surface area contributed by atoms with Gasteiger partial charge in [0.05, 0.1) is 17.1 Å². The number of Topliss-reactive ketones (excluding diaryl/α,β-unsaturated/α-hetero) is 1. The Morgan fingerprint density at radius 1 is 0.955 bits per heavy atom. The molecule has 6 heteroatoms. The van der Waals surface area contributed by atoms with Gasteiger partial charge in [0.25, 0.3) is 0 Å². The van der Waals surface area contributed by atoms with Crippen molar-refractivity contribution in [1.29, 1.82) is 0 Å². The first kappa shape index (κ1) is 34.1. The van der Waals surface area contributed by atoms with E-state index in [9.17, 15) is 23.4 Å². The van der Waals surface area contributed by atoms with Gasteiger partial charge in [-0.25, -0.2) is 8.42 Å². The molecule has 1 aromatic rings. The Morgan fingerprint density at radius 3 is 2.23 bits per heavy atom. The Balaban J connectivity index is 1.19. The highest BCUT2D eigenvalue weighted by molar-refractivity contribution is 7.92. The number of carbonyl (C=O) groups excluding carboxylic acids is 1. The predicted octanol–water partition coefficient (Wildman–Crippen LogP) is 7.76. The second-order valence-electron chi connectivity index (χ2n) is 17.1. The summed E-state index contributed by atoms with van der Waals surface area (Å²) in [5.74, 6) is 2.52. The van der Waals surface area contributed by atoms with Crippen LogP contribution >= 0.6 is 0 Å². The molecule has 0 spiro atoms. The topological polar surface area (TPSA) is 91.7 Å². The van der Waals surface area contributed by atoms with Crippen LogP contribution in [0.1, 0.15) is 125 Å². The molecule has 4 saturated carbocycles. The van der Waals surface area contributed by atoms with E-state index >= 15 is 0 Å². The van der Waals surface area contributed by atoms with E-state index in [2.05, 4.69) is 48.5 Å². The highest BCUT2D eigenvalue weighted by atomic mass is 32.2. The van der Waals surface area contributed by atoms with E-state index < -0.39 is 15.6 Å². The number of hydrogen-bond donors (Lipinski definition) is 2. The molecule has 0 radical (unpaired) electrons. The smallest absolute Gasteiger partial charge is 0.185 e. The number of rotatable bonds is 9. The molecule has 5 nitrogen and oxygen atoms in total. The van der Waals surface area contributed by atoms with Crippen molar-refractivity contribution in [2.45, 2.75) is 142 Å². The molecular formula is C38H60O5S. The van der Waals surface area contributed by atoms with Crippen molar-refractivity contribution >= 4 is 15.6 Å². The minimum atomic E-state index is -3.64. The molecule has 0 saturated heterocycles. The van der Waals surface area contributed by atoms with Crippen LogP contribution in [0.3, 0.4) is 0 Å². The van der Waals surface area contributed by atoms with E-state index in [0.717, 1.165) is 44.1 Å². The Bertz CT molecular complexity index is 1280. The normalized spacial score (nSPS) is 39.7. The van der Waals surface area contributed by atoms with Gasteiger partial charge in [-0.1, -0.05) is 73.4 Å². The number of aliphatic hydroxyl groups excluding tert-OH is 2. The average molecular weight is 629 g/mol. The minimum absolute atomic E-state index is 0.0558. The summed E-state index contributed by atoms with van der Waals surface area (Å²) in [6.07, 6.45) is 10.0. The second-order valence-corrected chi connectivity index (χ2v) is 19.1. The lowest BCUT2D eigenvalue weighted by Crippen LogP contribution is -2.62. The fourth-order valence-corrected chi connectivity index (χ4v) is 12.6. The Kier molecular flexibility index (Phi) is 9.62. The Labute approximate surface area is 267 Å². The zero-order valence-corrected chi connectivity index (χ0v) is 29.3. The predicted molar refractivity (Wildman–Crippen MR) is 177 cm³/mol. The van der Waals surface area contributed by atoms with Crippen LogP contribution in [0.25, 0.3) is 0 Å². The van der Waals surface area contributed by atoms with Crippen molar-refractivity contribution in [3.05, 3.63) is 29.8 Å². The first-order valence-electron chi connectivity index (χ1n) is 17.7. The molecule has 4 fully saturated rings. The van der Waals surface area contributed by atoms with E-state index in [1.807, 2.05) is 12.1 Å². The summed E-state index contributed by atoms with van der Waals surface area (Å²) in [6, 6.07) is 6.99. The maximum absolute atomic E-state index is 13.0. The maximum Gasteiger partial charge on any atom is 0.185 e. The molecule has 2 N–H and O–H groups in total. The first-order valence-corrected chi connectivity index (χ1v) is 19.4. The molecule has 248 valence electrons. The summed E-state index contributed by atoms with van der Waals surface area (Å²) in [4.78, 5) is 13.1. The number of benzene rings is 1. The molecule has 11 atom stereocenters. The molecule has 0 amide bonds. The van der Waals surface area contributed by atoms with Gasteiger partial charge in [0.1, 0.15) is 11.5 Å². The van der Waals surface area contributed by atoms with Crippen molar-refractivity contribution in [1.82, 2.24) is 0 Å². The third-order valence-corrected chi connectivity index (χ3v) is 15.4. The van der Waals surface area contributed by atoms with Crippen molar-refractivity contribution in [2.75, 3.05) is 5.75 Å². The SMILES string of the molecule is CC[C@H]1[C@@H](O)[C@H]2C3CC[C@H]([C@H](C)CCCC(=O)CS(=O)(=O)c4ccc(C(C)(C)C)cc4)[C@@]3(C)CC[C@@H]2[C@@]2(C)CC[C@@H](O)C[C@@H]12. The quantitative estimate of drug-likeness (QED) is 0.292. The molecule has 0 aromatic heterocycles. The van der Waals surface area contributed by atoms with Crippen LogP contribution in [0.5, 0.6) is 0 Å². The number of sulfone groups is 1. The number of carbonyl (C=O) groups is 1. The molecular weight excluding hydrogens is 568 g/mol. The Morgan fingerprint density at radius 2 is 1.59 bits per heavy atom. The van der Waals surface area contributed by atoms with Gasteiger partial charge >= 0.3 is 0 Å². The van der Waals surface area contributed by atoms with E-state index in [4.69, 9.17) is 0 Å². The zero-order valence-electron chi connectivity index (χ0n) is 28.5. The van der Waals surface area contributed by atoms with E-state index in [0.29, 0.717) is 41.9 Å². The van der Waals surface area contributed by atoms with Gasteiger partial charge in [-0.15, -0.1) is 0 Å². The van der Waals surface area contributed by atoms with Gasteiger partial charge < -0.3 is 10.2 Å². The van der Waals surface area contributed by atoms with E-state index in [-0.39, 0.29) is 45.0 Å². The molecule has 44 heavy (non-hydrogen) atoms. The molecule has 1 aromatic carbocycles. The van der Waals surface area contributed by atoms with Crippen molar-refractivity contribution in [3.63, 3.8) is 0 Å². The lowest BCUT2D eigenvalue weighted by molar-refractivity contribution is -0.203. The minimum Gasteiger partial charge on any atom is -0.393 e. The van der Waals surface area contributed by atoms with Crippen LogP contribution in [0.2, 0.25) is 0 Å². The summed E-state index contributed by atoms with van der Waals surface area (Å²) < 4.78 is 25.9. The highest BCUT2D eigenvalue weighted by Crippen LogP contribution is 2.69. The van der Waals surface area contributed by atoms with Crippen LogP contribution in [0.15, 0.2) is 29.2 Å². The number of fused-ring (bicyclic) bond motifs is 5. The summed E-state index contributed by atoms with van der Waals surface area (Å²) >= 11 is 0. The Hall–Kier alpha value is -1.24. The van der Waals surface area contributed by atoms with Crippen molar-refractivity contribution in [3.8, 4) is 0 Å². The number of aliphatic hydroxyl groups is 2. The largest absolute Gasteiger partial charge is 0.393 e. The van der Waals surface area contributed by atoms with Crippen LogP contribution < -0.4 is 0 Å². The first-order chi connectivity index (χ1) is 20.5.